The molecule has 0 bridgehead atoms. The summed E-state index contributed by atoms with van der Waals surface area (Å²) in [6, 6.07) is -3.96. The van der Waals surface area contributed by atoms with Crippen molar-refractivity contribution in [2.75, 3.05) is 26.2 Å². The lowest BCUT2D eigenvalue weighted by Gasteiger charge is -2.40. The normalized spacial score (nSPS) is 26.1. The van der Waals surface area contributed by atoms with Crippen molar-refractivity contribution in [2.45, 2.75) is 105 Å². The first-order valence-corrected chi connectivity index (χ1v) is 16.3. The van der Waals surface area contributed by atoms with Crippen LogP contribution < -0.4 is 27.0 Å². The van der Waals surface area contributed by atoms with Gasteiger partial charge in [0.1, 0.15) is 12.1 Å². The van der Waals surface area contributed by atoms with Crippen LogP contribution in [0.4, 0.5) is 9.59 Å². The van der Waals surface area contributed by atoms with E-state index in [0.29, 0.717) is 32.6 Å². The first-order valence-electron chi connectivity index (χ1n) is 16.3. The van der Waals surface area contributed by atoms with Gasteiger partial charge < -0.3 is 36.8 Å². The predicted octanol–water partition coefficient (Wildman–Crippen LogP) is 1.35. The van der Waals surface area contributed by atoms with Gasteiger partial charge in [-0.1, -0.05) is 68.2 Å². The minimum atomic E-state index is -1.09. The molecule has 2 heterocycles. The predicted molar refractivity (Wildman–Crippen MR) is 167 cm³/mol. The first kappa shape index (κ1) is 34.5. The molecule has 0 radical (unpaired) electrons. The van der Waals surface area contributed by atoms with Crippen molar-refractivity contribution in [3.63, 3.8) is 0 Å². The van der Waals surface area contributed by atoms with Crippen LogP contribution >= 0.6 is 0 Å². The average molecular weight is 632 g/mol. The van der Waals surface area contributed by atoms with E-state index in [-0.39, 0.29) is 40.5 Å². The number of urea groups is 2. The van der Waals surface area contributed by atoms with E-state index in [2.05, 4.69) is 35.1 Å². The maximum atomic E-state index is 14.3. The fourth-order valence-electron chi connectivity index (χ4n) is 6.92. The van der Waals surface area contributed by atoms with E-state index in [1.54, 1.807) is 4.90 Å². The van der Waals surface area contributed by atoms with Gasteiger partial charge in [0, 0.05) is 26.2 Å². The molecule has 0 aromatic heterocycles. The minimum Gasteiger partial charge on any atom is -0.363 e. The summed E-state index contributed by atoms with van der Waals surface area (Å²) < 4.78 is 0. The van der Waals surface area contributed by atoms with E-state index in [1.807, 2.05) is 41.5 Å². The Morgan fingerprint density at radius 2 is 1.64 bits per heavy atom. The first-order chi connectivity index (χ1) is 20.7. The van der Waals surface area contributed by atoms with Gasteiger partial charge in [-0.05, 0) is 46.8 Å². The highest BCUT2D eigenvalue weighted by Gasteiger charge is 2.70. The molecule has 0 aromatic rings. The number of nitrogens with zero attached hydrogens (tertiary/aromatic N) is 2. The number of ketones is 1. The lowest BCUT2D eigenvalue weighted by Crippen LogP contribution is -2.63. The maximum Gasteiger partial charge on any atom is 0.317 e. The molecule has 13 nitrogen and oxygen atoms in total. The molecular formula is C32H53N7O6. The molecule has 0 aromatic carbocycles. The fraction of sp³-hybridized carbons (Fsp3) is 0.812. The largest absolute Gasteiger partial charge is 0.363 e. The Bertz CT molecular complexity index is 1220. The quantitative estimate of drug-likeness (QED) is 0.215. The SMILES string of the molecule is CC(C)(C)[C@H](NC(=O)N[C@H](CN1CCCNC1=O)C(C)(C)C)C(=O)N1C[C@H]2[C@@H]([C@H]1C(=O)NC(CC1CC1)C(=O)C(N)=O)C2(C)C. The van der Waals surface area contributed by atoms with E-state index in [0.717, 1.165) is 19.3 Å². The van der Waals surface area contributed by atoms with E-state index in [9.17, 15) is 28.8 Å². The van der Waals surface area contributed by atoms with Crippen LogP contribution in [0.15, 0.2) is 0 Å². The maximum absolute atomic E-state index is 14.3. The van der Waals surface area contributed by atoms with Crippen molar-refractivity contribution in [1.82, 2.24) is 31.1 Å². The molecule has 6 atom stereocenters. The Kier molecular flexibility index (Phi) is 9.53. The van der Waals surface area contributed by atoms with Crippen LogP contribution in [0.3, 0.4) is 0 Å². The molecule has 2 saturated carbocycles. The van der Waals surface area contributed by atoms with Crippen molar-refractivity contribution in [2.24, 2.45) is 39.7 Å². The van der Waals surface area contributed by atoms with Crippen LogP contribution in [0.1, 0.15) is 81.1 Å². The van der Waals surface area contributed by atoms with Crippen molar-refractivity contribution in [1.29, 1.82) is 0 Å². The smallest absolute Gasteiger partial charge is 0.317 e. The standard InChI is InChI=1S/C32H53N7O6/c1-30(2,3)20(16-38-13-9-12-34-29(38)45)36-28(44)37-24(31(4,5)6)27(43)39-15-18-21(32(18,7)8)22(39)26(42)35-19(14-17-10-11-17)23(40)25(33)41/h17-22,24H,9-16H2,1-8H3,(H2,33,41)(H,34,45)(H,35,42)(H2,36,37,44)/t18-,19?,20+,21-,22-,24+/m0/s1. The number of carbonyl (C=O) groups excluding carboxylic acids is 6. The molecule has 4 aliphatic rings. The molecule has 13 heteroatoms. The molecule has 2 aliphatic heterocycles. The number of nitrogens with one attached hydrogen (secondary N) is 4. The second-order valence-corrected chi connectivity index (χ2v) is 16.2. The second-order valence-electron chi connectivity index (χ2n) is 16.2. The number of Topliss-reactive ketones (excluding diaryl/α,β-unsaturated/α-hetero) is 1. The summed E-state index contributed by atoms with van der Waals surface area (Å²) in [6.07, 6.45) is 3.00. The number of piperidine rings is 1. The highest BCUT2D eigenvalue weighted by atomic mass is 16.2. The number of likely N-dealkylation sites (tertiary alicyclic amines) is 1. The highest BCUT2D eigenvalue weighted by Crippen LogP contribution is 2.65. The Hall–Kier alpha value is -3.38. The van der Waals surface area contributed by atoms with Gasteiger partial charge in [-0.15, -0.1) is 0 Å². The third-order valence-electron chi connectivity index (χ3n) is 10.2. The zero-order valence-corrected chi connectivity index (χ0v) is 28.1. The lowest BCUT2D eigenvalue weighted by atomic mass is 9.84. The topological polar surface area (TPSA) is 183 Å². The number of nitrogens with two attached hydrogens (primary N) is 1. The molecule has 45 heavy (non-hydrogen) atoms. The van der Waals surface area contributed by atoms with Crippen LogP contribution in [-0.2, 0) is 19.2 Å². The number of hydrogen-bond acceptors (Lipinski definition) is 6. The van der Waals surface area contributed by atoms with Crippen LogP contribution in [0, 0.1) is 34.0 Å². The van der Waals surface area contributed by atoms with Gasteiger partial charge in [0.25, 0.3) is 5.91 Å². The summed E-state index contributed by atoms with van der Waals surface area (Å²) >= 11 is 0. The highest BCUT2D eigenvalue weighted by molar-refractivity contribution is 6.37. The Morgan fingerprint density at radius 1 is 1.00 bits per heavy atom. The zero-order chi connectivity index (χ0) is 33.6. The summed E-state index contributed by atoms with van der Waals surface area (Å²) in [5.41, 5.74) is 4.02. The summed E-state index contributed by atoms with van der Waals surface area (Å²) in [4.78, 5) is 81.6. The summed E-state index contributed by atoms with van der Waals surface area (Å²) in [5.74, 6) is -2.58. The van der Waals surface area contributed by atoms with E-state index in [4.69, 9.17) is 5.73 Å². The molecule has 4 rings (SSSR count). The van der Waals surface area contributed by atoms with E-state index >= 15 is 0 Å². The molecule has 1 unspecified atom stereocenters. The molecule has 6 N–H and O–H groups in total. The van der Waals surface area contributed by atoms with Crippen LogP contribution in [0.2, 0.25) is 0 Å². The van der Waals surface area contributed by atoms with E-state index in [1.165, 1.54) is 4.90 Å². The third kappa shape index (κ3) is 7.71. The van der Waals surface area contributed by atoms with Gasteiger partial charge in [0.05, 0.1) is 12.1 Å². The lowest BCUT2D eigenvalue weighted by molar-refractivity contribution is -0.145. The average Bonchev–Trinajstić information content (AvgIpc) is 3.77. The number of carbonyl (C=O) groups is 6. The molecule has 252 valence electrons. The zero-order valence-electron chi connectivity index (χ0n) is 28.1. The van der Waals surface area contributed by atoms with Gasteiger partial charge >= 0.3 is 12.1 Å². The Balaban J connectivity index is 1.51. The van der Waals surface area contributed by atoms with Crippen LogP contribution in [0.5, 0.6) is 0 Å². The molecule has 0 spiro atoms. The second kappa shape index (κ2) is 12.4. The van der Waals surface area contributed by atoms with Crippen LogP contribution in [-0.4, -0.2) is 95.7 Å². The van der Waals surface area contributed by atoms with Crippen molar-refractivity contribution in [3.8, 4) is 0 Å². The molecular weight excluding hydrogens is 578 g/mol. The van der Waals surface area contributed by atoms with Crippen molar-refractivity contribution >= 4 is 35.6 Å². The molecule has 2 saturated heterocycles. The fourth-order valence-corrected chi connectivity index (χ4v) is 6.92. The van der Waals surface area contributed by atoms with Gasteiger partial charge in [0.15, 0.2) is 0 Å². The number of primary amides is 1. The van der Waals surface area contributed by atoms with Gasteiger partial charge in [-0.25, -0.2) is 9.59 Å². The van der Waals surface area contributed by atoms with Gasteiger partial charge in [-0.3, -0.25) is 19.2 Å². The third-order valence-corrected chi connectivity index (χ3v) is 10.2. The minimum absolute atomic E-state index is 0.0846. The van der Waals surface area contributed by atoms with Crippen molar-refractivity contribution in [3.05, 3.63) is 0 Å². The number of fused-ring (bicyclic) bond motifs is 1. The molecule has 2 aliphatic carbocycles. The van der Waals surface area contributed by atoms with Crippen molar-refractivity contribution < 1.29 is 28.8 Å². The Morgan fingerprint density at radius 3 is 2.18 bits per heavy atom. The summed E-state index contributed by atoms with van der Waals surface area (Å²) in [6.45, 7) is 17.5. The van der Waals surface area contributed by atoms with Gasteiger partial charge in [0.2, 0.25) is 17.6 Å². The number of hydrogen-bond donors (Lipinski definition) is 5. The molecule has 4 fully saturated rings. The number of amides is 7. The number of rotatable bonds is 11. The molecule has 7 amide bonds. The van der Waals surface area contributed by atoms with E-state index < -0.39 is 53.2 Å². The Labute approximate surface area is 266 Å². The van der Waals surface area contributed by atoms with Gasteiger partial charge in [-0.2, -0.15) is 0 Å². The monoisotopic (exact) mass is 631 g/mol. The van der Waals surface area contributed by atoms with Crippen LogP contribution in [0.25, 0.3) is 0 Å². The summed E-state index contributed by atoms with van der Waals surface area (Å²) in [7, 11) is 0. The summed E-state index contributed by atoms with van der Waals surface area (Å²) in [5, 5.41) is 11.5.